The van der Waals surface area contributed by atoms with Crippen molar-refractivity contribution in [2.24, 2.45) is 0 Å². The van der Waals surface area contributed by atoms with Gasteiger partial charge in [0.1, 0.15) is 5.82 Å². The van der Waals surface area contributed by atoms with Crippen LogP contribution in [0.3, 0.4) is 0 Å². The summed E-state index contributed by atoms with van der Waals surface area (Å²) >= 11 is 0. The summed E-state index contributed by atoms with van der Waals surface area (Å²) in [6.07, 6.45) is -0.712. The highest BCUT2D eigenvalue weighted by Crippen LogP contribution is 2.30. The molecule has 0 radical (unpaired) electrons. The predicted molar refractivity (Wildman–Crippen MR) is 71.5 cm³/mol. The number of aliphatic hydroxyl groups is 1. The van der Waals surface area contributed by atoms with Crippen molar-refractivity contribution < 1.29 is 14.3 Å². The monoisotopic (exact) mass is 266 g/mol. The van der Waals surface area contributed by atoms with Gasteiger partial charge in [-0.15, -0.1) is 0 Å². The van der Waals surface area contributed by atoms with E-state index in [1.165, 1.54) is 6.07 Å². The lowest BCUT2D eigenvalue weighted by Gasteiger charge is -2.37. The Morgan fingerprint density at radius 2 is 1.95 bits per heavy atom. The molecule has 1 saturated heterocycles. The third-order valence-electron chi connectivity index (χ3n) is 3.51. The summed E-state index contributed by atoms with van der Waals surface area (Å²) in [7, 11) is 0. The van der Waals surface area contributed by atoms with Crippen molar-refractivity contribution in [3.05, 3.63) is 29.6 Å². The van der Waals surface area contributed by atoms with E-state index in [2.05, 4.69) is 0 Å². The van der Waals surface area contributed by atoms with Crippen molar-refractivity contribution in [2.75, 3.05) is 31.1 Å². The van der Waals surface area contributed by atoms with Crippen molar-refractivity contribution in [3.8, 4) is 0 Å². The lowest BCUT2D eigenvalue weighted by atomic mass is 10.1. The highest BCUT2D eigenvalue weighted by molar-refractivity contribution is 5.73. The van der Waals surface area contributed by atoms with Crippen molar-refractivity contribution >= 4 is 11.6 Å². The fraction of sp³-hybridized carbons (Fsp3) is 0.500. The van der Waals surface area contributed by atoms with Crippen molar-refractivity contribution in [3.63, 3.8) is 0 Å². The van der Waals surface area contributed by atoms with Crippen LogP contribution in [-0.2, 0) is 4.79 Å². The molecular formula is C14H19FN2O2. The Labute approximate surface area is 112 Å². The topological polar surface area (TPSA) is 43.8 Å². The van der Waals surface area contributed by atoms with E-state index in [9.17, 15) is 14.3 Å². The summed E-state index contributed by atoms with van der Waals surface area (Å²) < 4.78 is 14.0. The molecule has 1 aromatic carbocycles. The van der Waals surface area contributed by atoms with Crippen LogP contribution in [0.4, 0.5) is 10.1 Å². The molecular weight excluding hydrogens is 247 g/mol. The number of carbonyl (C=O) groups is 1. The number of para-hydroxylation sites is 1. The van der Waals surface area contributed by atoms with Gasteiger partial charge in [0.25, 0.3) is 0 Å². The number of hydrogen-bond donors (Lipinski definition) is 1. The highest BCUT2D eigenvalue weighted by Gasteiger charge is 2.23. The van der Waals surface area contributed by atoms with Crippen LogP contribution in [0, 0.1) is 5.82 Å². The van der Waals surface area contributed by atoms with Crippen LogP contribution in [0.5, 0.6) is 0 Å². The number of nitrogens with zero attached hydrogens (tertiary/aromatic N) is 2. The largest absolute Gasteiger partial charge is 0.389 e. The molecule has 1 heterocycles. The first-order chi connectivity index (χ1) is 9.00. The van der Waals surface area contributed by atoms with Gasteiger partial charge in [-0.05, 0) is 13.0 Å². The van der Waals surface area contributed by atoms with E-state index in [4.69, 9.17) is 0 Å². The van der Waals surface area contributed by atoms with E-state index in [1.807, 2.05) is 4.90 Å². The molecule has 0 unspecified atom stereocenters. The predicted octanol–water partition coefficient (Wildman–Crippen LogP) is 1.55. The Bertz CT molecular complexity index is 469. The van der Waals surface area contributed by atoms with Crippen LogP contribution in [0.2, 0.25) is 0 Å². The Kier molecular flexibility index (Phi) is 4.04. The van der Waals surface area contributed by atoms with Crippen LogP contribution in [0.25, 0.3) is 0 Å². The smallest absolute Gasteiger partial charge is 0.219 e. The van der Waals surface area contributed by atoms with Gasteiger partial charge in [0.2, 0.25) is 5.91 Å². The molecule has 0 aliphatic carbocycles. The van der Waals surface area contributed by atoms with Gasteiger partial charge in [0.15, 0.2) is 0 Å². The number of aliphatic hydroxyl groups excluding tert-OH is 1. The molecule has 1 N–H and O–H groups in total. The molecule has 4 nitrogen and oxygen atoms in total. The third-order valence-corrected chi connectivity index (χ3v) is 3.51. The van der Waals surface area contributed by atoms with E-state index in [1.54, 1.807) is 30.9 Å². The average molecular weight is 266 g/mol. The molecule has 1 aliphatic rings. The van der Waals surface area contributed by atoms with E-state index >= 15 is 0 Å². The first-order valence-corrected chi connectivity index (χ1v) is 6.47. The second-order valence-corrected chi connectivity index (χ2v) is 4.85. The summed E-state index contributed by atoms with van der Waals surface area (Å²) in [5, 5.41) is 9.74. The van der Waals surface area contributed by atoms with Crippen LogP contribution >= 0.6 is 0 Å². The number of piperazine rings is 1. The molecule has 0 spiro atoms. The number of rotatable bonds is 2. The van der Waals surface area contributed by atoms with Crippen LogP contribution in [-0.4, -0.2) is 42.1 Å². The fourth-order valence-corrected chi connectivity index (χ4v) is 2.45. The van der Waals surface area contributed by atoms with Gasteiger partial charge in [-0.1, -0.05) is 12.1 Å². The number of benzene rings is 1. The zero-order valence-electron chi connectivity index (χ0n) is 11.3. The van der Waals surface area contributed by atoms with Gasteiger partial charge in [-0.3, -0.25) is 4.79 Å². The minimum Gasteiger partial charge on any atom is -0.389 e. The number of amides is 1. The lowest BCUT2D eigenvalue weighted by Crippen LogP contribution is -2.48. The fourth-order valence-electron chi connectivity index (χ4n) is 2.45. The van der Waals surface area contributed by atoms with Gasteiger partial charge in [-0.2, -0.15) is 0 Å². The summed E-state index contributed by atoms with van der Waals surface area (Å²) in [6, 6.07) is 4.74. The van der Waals surface area contributed by atoms with Crippen molar-refractivity contribution in [2.45, 2.75) is 20.0 Å². The molecule has 1 fully saturated rings. The van der Waals surface area contributed by atoms with Gasteiger partial charge in [-0.25, -0.2) is 4.39 Å². The molecule has 1 aromatic rings. The molecule has 2 rings (SSSR count). The number of halogens is 1. The molecule has 0 saturated carbocycles. The van der Waals surface area contributed by atoms with Crippen molar-refractivity contribution in [1.29, 1.82) is 0 Å². The maximum absolute atomic E-state index is 14.0. The lowest BCUT2D eigenvalue weighted by molar-refractivity contribution is -0.129. The maximum Gasteiger partial charge on any atom is 0.219 e. The minimum atomic E-state index is -0.712. The first-order valence-electron chi connectivity index (χ1n) is 6.47. The minimum absolute atomic E-state index is 0.0453. The van der Waals surface area contributed by atoms with Crippen LogP contribution < -0.4 is 4.90 Å². The van der Waals surface area contributed by atoms with Crippen LogP contribution in [0.15, 0.2) is 18.2 Å². The zero-order chi connectivity index (χ0) is 14.0. The van der Waals surface area contributed by atoms with Gasteiger partial charge in [0.05, 0.1) is 11.8 Å². The summed E-state index contributed by atoms with van der Waals surface area (Å²) in [5.41, 5.74) is 1.05. The number of hydrogen-bond acceptors (Lipinski definition) is 3. The molecule has 104 valence electrons. The molecule has 19 heavy (non-hydrogen) atoms. The summed E-state index contributed by atoms with van der Waals surface area (Å²) in [5.74, 6) is -0.279. The highest BCUT2D eigenvalue weighted by atomic mass is 19.1. The Morgan fingerprint density at radius 1 is 1.32 bits per heavy atom. The van der Waals surface area contributed by atoms with Crippen molar-refractivity contribution in [1.82, 2.24) is 4.90 Å². The molecule has 1 aliphatic heterocycles. The average Bonchev–Trinajstić information content (AvgIpc) is 2.38. The molecule has 0 aromatic heterocycles. The third kappa shape index (κ3) is 2.87. The number of anilines is 1. The molecule has 5 heteroatoms. The zero-order valence-corrected chi connectivity index (χ0v) is 11.3. The molecule has 1 amide bonds. The summed E-state index contributed by atoms with van der Waals surface area (Å²) in [4.78, 5) is 14.9. The van der Waals surface area contributed by atoms with Gasteiger partial charge >= 0.3 is 0 Å². The Morgan fingerprint density at radius 3 is 2.47 bits per heavy atom. The van der Waals surface area contributed by atoms with E-state index in [-0.39, 0.29) is 11.7 Å². The molecule has 0 bridgehead atoms. The summed E-state index contributed by atoms with van der Waals surface area (Å²) in [6.45, 7) is 5.51. The second-order valence-electron chi connectivity index (χ2n) is 4.85. The quantitative estimate of drug-likeness (QED) is 0.883. The first kappa shape index (κ1) is 13.8. The normalized spacial score (nSPS) is 17.5. The van der Waals surface area contributed by atoms with E-state index in [0.717, 1.165) is 0 Å². The molecule has 1 atom stereocenters. The van der Waals surface area contributed by atoms with Gasteiger partial charge in [0, 0.05) is 38.7 Å². The Hall–Kier alpha value is -1.62. The maximum atomic E-state index is 14.0. The van der Waals surface area contributed by atoms with E-state index < -0.39 is 6.10 Å². The Balaban J connectivity index is 2.22. The SMILES string of the molecule is CC(=O)N1CCN(c2c(F)cccc2[C@@H](C)O)CC1. The van der Waals surface area contributed by atoms with Gasteiger partial charge < -0.3 is 14.9 Å². The number of carbonyl (C=O) groups excluding carboxylic acids is 1. The standard InChI is InChI=1S/C14H19FN2O2/c1-10(18)12-4-3-5-13(15)14(12)17-8-6-16(7-9-17)11(2)19/h3-5,10,18H,6-9H2,1-2H3/t10-/m1/s1. The second kappa shape index (κ2) is 5.57. The van der Waals surface area contributed by atoms with E-state index in [0.29, 0.717) is 37.4 Å². The van der Waals surface area contributed by atoms with Crippen LogP contribution in [0.1, 0.15) is 25.5 Å².